The molecule has 0 unspecified atom stereocenters. The van der Waals surface area contributed by atoms with Gasteiger partial charge in [-0.2, -0.15) is 13.8 Å². The number of thioether (sulfide) groups is 1. The van der Waals surface area contributed by atoms with Gasteiger partial charge in [-0.05, 0) is 12.1 Å². The van der Waals surface area contributed by atoms with Crippen LogP contribution in [0.3, 0.4) is 0 Å². The van der Waals surface area contributed by atoms with Gasteiger partial charge in [0, 0.05) is 5.56 Å². The number of halogens is 2. The third-order valence-corrected chi connectivity index (χ3v) is 2.84. The molecule has 0 amide bonds. The first-order chi connectivity index (χ1) is 9.54. The molecule has 3 N–H and O–H groups in total. The number of nitrogens with two attached hydrogens (primary N) is 1. The van der Waals surface area contributed by atoms with E-state index >= 15 is 0 Å². The minimum atomic E-state index is -2.89. The number of hydrogen-bond donors (Lipinski definition) is 2. The minimum Gasteiger partial charge on any atom is -0.435 e. The lowest BCUT2D eigenvalue weighted by Gasteiger charge is -2.04. The second-order valence-electron chi connectivity index (χ2n) is 3.57. The van der Waals surface area contributed by atoms with Gasteiger partial charge < -0.3 is 15.0 Å². The highest BCUT2D eigenvalue weighted by atomic mass is 32.2. The highest BCUT2D eigenvalue weighted by molar-refractivity contribution is 8.12. The summed E-state index contributed by atoms with van der Waals surface area (Å²) in [6.07, 6.45) is 0. The Morgan fingerprint density at radius 2 is 2.30 bits per heavy atom. The van der Waals surface area contributed by atoms with Gasteiger partial charge in [-0.15, -0.1) is 0 Å². The van der Waals surface area contributed by atoms with Gasteiger partial charge in [0.05, 0.1) is 5.75 Å². The van der Waals surface area contributed by atoms with Crippen LogP contribution in [0.4, 0.5) is 8.78 Å². The van der Waals surface area contributed by atoms with Gasteiger partial charge in [0.1, 0.15) is 5.75 Å². The average molecular weight is 300 g/mol. The molecule has 0 spiro atoms. The lowest BCUT2D eigenvalue weighted by atomic mass is 10.2. The summed E-state index contributed by atoms with van der Waals surface area (Å²) in [5.74, 6) is 0.835. The molecule has 0 saturated heterocycles. The molecule has 0 saturated carbocycles. The van der Waals surface area contributed by atoms with Crippen molar-refractivity contribution in [2.45, 2.75) is 12.4 Å². The van der Waals surface area contributed by atoms with Crippen molar-refractivity contribution in [2.24, 2.45) is 5.73 Å². The Bertz CT molecular complexity index is 606. The maximum absolute atomic E-state index is 12.1. The molecule has 2 aromatic rings. The van der Waals surface area contributed by atoms with Crippen molar-refractivity contribution in [3.05, 3.63) is 30.2 Å². The number of aromatic nitrogens is 2. The zero-order valence-corrected chi connectivity index (χ0v) is 10.9. The van der Waals surface area contributed by atoms with Crippen molar-refractivity contribution < 1.29 is 18.0 Å². The molecule has 1 aromatic heterocycles. The molecule has 2 rings (SSSR count). The van der Waals surface area contributed by atoms with E-state index in [1.807, 2.05) is 0 Å². The lowest BCUT2D eigenvalue weighted by Crippen LogP contribution is -2.03. The van der Waals surface area contributed by atoms with Crippen LogP contribution in [0.25, 0.3) is 11.4 Å². The maximum atomic E-state index is 12.1. The van der Waals surface area contributed by atoms with Crippen molar-refractivity contribution in [3.63, 3.8) is 0 Å². The summed E-state index contributed by atoms with van der Waals surface area (Å²) < 4.78 is 33.5. The summed E-state index contributed by atoms with van der Waals surface area (Å²) in [7, 11) is 0. The van der Waals surface area contributed by atoms with Crippen LogP contribution in [0.15, 0.2) is 28.8 Å². The van der Waals surface area contributed by atoms with Crippen LogP contribution in [-0.4, -0.2) is 21.9 Å². The molecule has 9 heteroatoms. The van der Waals surface area contributed by atoms with E-state index in [1.165, 1.54) is 12.1 Å². The molecular formula is C11H10F2N4O2S. The van der Waals surface area contributed by atoms with Gasteiger partial charge in [-0.25, -0.2) is 0 Å². The number of hydrogen-bond acceptors (Lipinski definition) is 6. The summed E-state index contributed by atoms with van der Waals surface area (Å²) in [4.78, 5) is 4.08. The summed E-state index contributed by atoms with van der Waals surface area (Å²) in [5, 5.41) is 10.7. The lowest BCUT2D eigenvalue weighted by molar-refractivity contribution is -0.0498. The fraction of sp³-hybridized carbons (Fsp3) is 0.182. The van der Waals surface area contributed by atoms with E-state index in [0.29, 0.717) is 11.5 Å². The molecule has 1 heterocycles. The number of nitrogens with one attached hydrogen (secondary N) is 1. The van der Waals surface area contributed by atoms with Gasteiger partial charge in [0.25, 0.3) is 0 Å². The fourth-order valence-electron chi connectivity index (χ4n) is 1.38. The molecule has 0 atom stereocenters. The van der Waals surface area contributed by atoms with Crippen molar-refractivity contribution in [1.29, 1.82) is 5.41 Å². The van der Waals surface area contributed by atoms with Crippen LogP contribution in [0.1, 0.15) is 5.89 Å². The van der Waals surface area contributed by atoms with Crippen LogP contribution in [0.2, 0.25) is 0 Å². The van der Waals surface area contributed by atoms with Crippen LogP contribution >= 0.6 is 11.8 Å². The Hall–Kier alpha value is -2.16. The van der Waals surface area contributed by atoms with E-state index in [0.717, 1.165) is 11.8 Å². The van der Waals surface area contributed by atoms with Gasteiger partial charge in [0.2, 0.25) is 11.7 Å². The highest BCUT2D eigenvalue weighted by Crippen LogP contribution is 2.23. The molecular weight excluding hydrogens is 290 g/mol. The number of amidine groups is 1. The molecule has 6 nitrogen and oxygen atoms in total. The highest BCUT2D eigenvalue weighted by Gasteiger charge is 2.11. The van der Waals surface area contributed by atoms with Crippen molar-refractivity contribution in [1.82, 2.24) is 10.1 Å². The predicted octanol–water partition coefficient (Wildman–Crippen LogP) is 2.46. The van der Waals surface area contributed by atoms with Gasteiger partial charge in [-0.1, -0.05) is 29.1 Å². The van der Waals surface area contributed by atoms with E-state index in [9.17, 15) is 8.78 Å². The zero-order chi connectivity index (χ0) is 14.5. The van der Waals surface area contributed by atoms with E-state index in [-0.39, 0.29) is 22.5 Å². The Balaban J connectivity index is 2.13. The molecule has 0 aliphatic carbocycles. The van der Waals surface area contributed by atoms with E-state index in [1.54, 1.807) is 12.1 Å². The third-order valence-electron chi connectivity index (χ3n) is 2.14. The second-order valence-corrected chi connectivity index (χ2v) is 4.59. The van der Waals surface area contributed by atoms with Crippen LogP contribution in [-0.2, 0) is 5.75 Å². The summed E-state index contributed by atoms with van der Waals surface area (Å²) in [6, 6.07) is 5.99. The van der Waals surface area contributed by atoms with E-state index < -0.39 is 6.61 Å². The van der Waals surface area contributed by atoms with Crippen molar-refractivity contribution in [2.75, 3.05) is 0 Å². The monoisotopic (exact) mass is 300 g/mol. The first-order valence-corrected chi connectivity index (χ1v) is 6.38. The maximum Gasteiger partial charge on any atom is 0.387 e. The number of alkyl halides is 2. The fourth-order valence-corrected chi connectivity index (χ4v) is 1.78. The van der Waals surface area contributed by atoms with Crippen molar-refractivity contribution in [3.8, 4) is 17.1 Å². The van der Waals surface area contributed by atoms with Crippen LogP contribution in [0.5, 0.6) is 5.75 Å². The second kappa shape index (κ2) is 6.33. The standard InChI is InChI=1S/C11H10F2N4O2S/c12-10(13)18-7-3-1-2-6(4-7)9-16-8(19-17-9)5-20-11(14)15/h1-4,10H,5H2,(H3,14,15). The zero-order valence-electron chi connectivity index (χ0n) is 10.0. The van der Waals surface area contributed by atoms with Gasteiger partial charge in [0.15, 0.2) is 5.17 Å². The molecule has 0 radical (unpaired) electrons. The SMILES string of the molecule is N=C(N)SCc1nc(-c2cccc(OC(F)F)c2)no1. The average Bonchev–Trinajstić information content (AvgIpc) is 2.84. The molecule has 20 heavy (non-hydrogen) atoms. The minimum absolute atomic E-state index is 0.0157. The predicted molar refractivity (Wildman–Crippen MR) is 69.6 cm³/mol. The van der Waals surface area contributed by atoms with E-state index in [2.05, 4.69) is 14.9 Å². The molecule has 0 aliphatic heterocycles. The third kappa shape index (κ3) is 3.92. The normalized spacial score (nSPS) is 10.8. The first-order valence-electron chi connectivity index (χ1n) is 5.39. The number of benzene rings is 1. The Morgan fingerprint density at radius 3 is 3.00 bits per heavy atom. The molecule has 1 aromatic carbocycles. The summed E-state index contributed by atoms with van der Waals surface area (Å²) >= 11 is 1.05. The molecule has 106 valence electrons. The van der Waals surface area contributed by atoms with Crippen LogP contribution < -0.4 is 10.5 Å². The van der Waals surface area contributed by atoms with Gasteiger partial charge >= 0.3 is 6.61 Å². The number of ether oxygens (including phenoxy) is 1. The quantitative estimate of drug-likeness (QED) is 0.650. The summed E-state index contributed by atoms with van der Waals surface area (Å²) in [6.45, 7) is -2.89. The first kappa shape index (κ1) is 14.3. The summed E-state index contributed by atoms with van der Waals surface area (Å²) in [5.41, 5.74) is 5.68. The van der Waals surface area contributed by atoms with Crippen LogP contribution in [0, 0.1) is 5.41 Å². The Kier molecular flexibility index (Phi) is 4.51. The van der Waals surface area contributed by atoms with E-state index in [4.69, 9.17) is 15.7 Å². The smallest absolute Gasteiger partial charge is 0.387 e. The largest absolute Gasteiger partial charge is 0.435 e. The molecule has 0 fully saturated rings. The van der Waals surface area contributed by atoms with Crippen molar-refractivity contribution >= 4 is 16.9 Å². The number of nitrogens with zero attached hydrogens (tertiary/aromatic N) is 2. The molecule has 0 aliphatic rings. The number of rotatable bonds is 5. The topological polar surface area (TPSA) is 98.0 Å². The molecule has 0 bridgehead atoms. The Morgan fingerprint density at radius 1 is 1.50 bits per heavy atom. The Labute approximate surface area is 116 Å². The van der Waals surface area contributed by atoms with Gasteiger partial charge in [-0.3, -0.25) is 5.41 Å².